The summed E-state index contributed by atoms with van der Waals surface area (Å²) in [7, 11) is 0. The molecule has 0 aliphatic carbocycles. The molecule has 1 aromatic carbocycles. The minimum atomic E-state index is -3.62. The van der Waals surface area contributed by atoms with Gasteiger partial charge in [-0.2, -0.15) is 0 Å². The van der Waals surface area contributed by atoms with Crippen LogP contribution in [-0.2, 0) is 11.1 Å². The van der Waals surface area contributed by atoms with Gasteiger partial charge in [-0.1, -0.05) is 12.1 Å². The fraction of sp³-hybridized carbons (Fsp3) is 0.609. The lowest BCUT2D eigenvalue weighted by atomic mass is 9.99. The maximum absolute atomic E-state index is 10.5. The molecular weight excluding hydrogens is 416 g/mol. The lowest BCUT2D eigenvalue weighted by Gasteiger charge is -2.39. The minimum absolute atomic E-state index is 0.193. The van der Waals surface area contributed by atoms with Crippen molar-refractivity contribution in [2.24, 2.45) is 0 Å². The van der Waals surface area contributed by atoms with Crippen molar-refractivity contribution in [1.82, 2.24) is 9.78 Å². The lowest BCUT2D eigenvalue weighted by Crippen LogP contribution is -2.60. The van der Waals surface area contributed by atoms with E-state index in [9.17, 15) is 20.4 Å². The van der Waals surface area contributed by atoms with Crippen molar-refractivity contribution >= 4 is 0 Å². The predicted octanol–water partition coefficient (Wildman–Crippen LogP) is 1.33. The van der Waals surface area contributed by atoms with Gasteiger partial charge in [0.1, 0.15) is 30.2 Å². The van der Waals surface area contributed by atoms with E-state index in [1.807, 2.05) is 0 Å². The van der Waals surface area contributed by atoms with E-state index < -0.39 is 106 Å². The second-order valence-corrected chi connectivity index (χ2v) is 6.92. The number of aromatic nitrogens is 2. The summed E-state index contributed by atoms with van der Waals surface area (Å²) >= 11 is 0. The highest BCUT2D eigenvalue weighted by Crippen LogP contribution is 2.31. The Morgan fingerprint density at radius 3 is 2.50 bits per heavy atom. The summed E-state index contributed by atoms with van der Waals surface area (Å²) in [5, 5.41) is 44.2. The molecule has 9 heteroatoms. The smallest absolute Gasteiger partial charge is 0.239 e. The topological polar surface area (TPSA) is 126 Å². The fourth-order valence-electron chi connectivity index (χ4n) is 3.06. The first-order chi connectivity index (χ1) is 21.5. The minimum Gasteiger partial charge on any atom is -0.491 e. The third-order valence-electron chi connectivity index (χ3n) is 4.72. The van der Waals surface area contributed by atoms with Crippen molar-refractivity contribution in [2.45, 2.75) is 83.5 Å². The third-order valence-corrected chi connectivity index (χ3v) is 4.72. The van der Waals surface area contributed by atoms with Gasteiger partial charge in [-0.25, -0.2) is 0 Å². The van der Waals surface area contributed by atoms with Crippen LogP contribution in [0.3, 0.4) is 0 Å². The Morgan fingerprint density at radius 1 is 1.16 bits per heavy atom. The Morgan fingerprint density at radius 2 is 1.88 bits per heavy atom. The summed E-state index contributed by atoms with van der Waals surface area (Å²) in [5.74, 6) is -1.40. The van der Waals surface area contributed by atoms with E-state index >= 15 is 0 Å². The van der Waals surface area contributed by atoms with E-state index in [-0.39, 0.29) is 10.2 Å². The van der Waals surface area contributed by atoms with Crippen molar-refractivity contribution in [1.29, 1.82) is 0 Å². The Bertz CT molecular complexity index is 1410. The summed E-state index contributed by atoms with van der Waals surface area (Å²) in [5.41, 5.74) is -1.64. The zero-order valence-corrected chi connectivity index (χ0v) is 16.8. The Balaban J connectivity index is 2.22. The molecule has 1 saturated heterocycles. The highest BCUT2D eigenvalue weighted by molar-refractivity contribution is 5.38. The highest BCUT2D eigenvalue weighted by atomic mass is 16.7. The molecule has 2 aromatic rings. The van der Waals surface area contributed by atoms with Crippen LogP contribution >= 0.6 is 0 Å². The molecule has 1 fully saturated rings. The zero-order chi connectivity index (χ0) is 37.2. The molecule has 0 saturated carbocycles. The second-order valence-electron chi connectivity index (χ2n) is 6.92. The molecule has 1 aliphatic rings. The van der Waals surface area contributed by atoms with Gasteiger partial charge < -0.3 is 34.6 Å². The summed E-state index contributed by atoms with van der Waals surface area (Å²) in [6.45, 7) is -14.0. The number of aliphatic hydroxyl groups excluding tert-OH is 4. The van der Waals surface area contributed by atoms with Crippen molar-refractivity contribution in [3.63, 3.8) is 0 Å². The second kappa shape index (κ2) is 10.2. The first-order valence-electron chi connectivity index (χ1n) is 17.3. The van der Waals surface area contributed by atoms with Crippen molar-refractivity contribution < 1.29 is 56.6 Å². The van der Waals surface area contributed by atoms with Gasteiger partial charge in [-0.05, 0) is 52.0 Å². The number of ether oxygens (including phenoxy) is 3. The zero-order valence-electron chi connectivity index (χ0n) is 32.8. The van der Waals surface area contributed by atoms with Crippen LogP contribution in [0.5, 0.6) is 11.6 Å². The van der Waals surface area contributed by atoms with E-state index in [1.165, 1.54) is 0 Å². The van der Waals surface area contributed by atoms with Gasteiger partial charge in [-0.3, -0.25) is 4.68 Å². The monoisotopic (exact) mass is 466 g/mol. The van der Waals surface area contributed by atoms with Gasteiger partial charge in [0, 0.05) is 42.8 Å². The maximum Gasteiger partial charge on any atom is 0.239 e. The highest BCUT2D eigenvalue weighted by Gasteiger charge is 2.45. The largest absolute Gasteiger partial charge is 0.491 e. The molecule has 3 rings (SSSR count). The van der Waals surface area contributed by atoms with Crippen LogP contribution in [0.15, 0.2) is 24.3 Å². The van der Waals surface area contributed by atoms with Crippen molar-refractivity contribution in [3.8, 4) is 11.6 Å². The molecule has 0 radical (unpaired) electrons. The summed E-state index contributed by atoms with van der Waals surface area (Å²) in [4.78, 5) is 0. The average Bonchev–Trinajstić information content (AvgIpc) is 3.26. The van der Waals surface area contributed by atoms with Crippen molar-refractivity contribution in [3.05, 3.63) is 41.1 Å². The molecule has 0 spiro atoms. The van der Waals surface area contributed by atoms with Crippen LogP contribution in [0.2, 0.25) is 0 Å². The van der Waals surface area contributed by atoms with Gasteiger partial charge in [-0.15, -0.1) is 5.10 Å². The molecule has 1 aromatic heterocycles. The Kier molecular flexibility index (Phi) is 3.45. The molecule has 178 valence electrons. The van der Waals surface area contributed by atoms with E-state index in [0.29, 0.717) is 0 Å². The standard InChI is InChI=1S/C23H34N2O7/c1-12(2)25-14(5)17(10-15-6-8-16(9-7-15)30-13(3)4)22(24-25)32-23-21(29)20(28)19(27)18(11-26)31-23/h6-9,12-13,18-21,23,26-29H,10-11H2,1-5H3/t18-,19-,20+,21-,23+/m1/s1/i1D3,2D3,3D3,4D3,10D2,12D,13D. The first-order valence-corrected chi connectivity index (χ1v) is 9.34. The summed E-state index contributed by atoms with van der Waals surface area (Å²) in [6, 6.07) is 0.276. The number of hydrogen-bond acceptors (Lipinski definition) is 8. The first kappa shape index (κ1) is 10.8. The SMILES string of the molecule is [2H]C([2H])(c1ccc(OC([2H])(C([2H])([2H])[2H])C([2H])([2H])[2H])cc1)c1c(O[C@@H]2O[C@H](CO)[C@@H](O)[C@H](O)[C@H]2O)nn(C([2H])(C([2H])([2H])[2H])C([2H])([2H])[2H])c1C. The third kappa shape index (κ3) is 5.24. The maximum atomic E-state index is 10.5. The van der Waals surface area contributed by atoms with Gasteiger partial charge >= 0.3 is 0 Å². The van der Waals surface area contributed by atoms with Crippen molar-refractivity contribution in [2.75, 3.05) is 6.61 Å². The quantitative estimate of drug-likeness (QED) is 0.459. The molecular formula is C23H34N2O7. The van der Waals surface area contributed by atoms with Gasteiger partial charge in [0.15, 0.2) is 0 Å². The number of rotatable bonds is 8. The van der Waals surface area contributed by atoms with Gasteiger partial charge in [0.25, 0.3) is 0 Å². The fourth-order valence-corrected chi connectivity index (χ4v) is 3.06. The molecule has 1 aliphatic heterocycles. The van der Waals surface area contributed by atoms with E-state index in [1.54, 1.807) is 0 Å². The number of nitrogens with zero attached hydrogens (tertiary/aromatic N) is 2. The van der Waals surface area contributed by atoms with E-state index in [0.717, 1.165) is 31.2 Å². The van der Waals surface area contributed by atoms with E-state index in [2.05, 4.69) is 5.10 Å². The molecule has 5 atom stereocenters. The van der Waals surface area contributed by atoms with E-state index in [4.69, 9.17) is 36.1 Å². The molecule has 0 amide bonds. The van der Waals surface area contributed by atoms with Crippen LogP contribution < -0.4 is 9.47 Å². The molecule has 4 N–H and O–H groups in total. The molecule has 2 heterocycles. The molecule has 32 heavy (non-hydrogen) atoms. The molecule has 9 nitrogen and oxygen atoms in total. The predicted molar refractivity (Wildman–Crippen MR) is 117 cm³/mol. The number of benzene rings is 1. The summed E-state index contributed by atoms with van der Waals surface area (Å²) in [6.07, 6.45) is -15.7. The van der Waals surface area contributed by atoms with Crippen LogP contribution in [0.25, 0.3) is 0 Å². The van der Waals surface area contributed by atoms with Gasteiger partial charge in [0.05, 0.1) is 15.4 Å². The lowest BCUT2D eigenvalue weighted by molar-refractivity contribution is -0.278. The summed E-state index contributed by atoms with van der Waals surface area (Å²) < 4.78 is 143. The average molecular weight is 467 g/mol. The molecule has 0 bridgehead atoms. The normalized spacial score (nSPS) is 36.1. The van der Waals surface area contributed by atoms with Crippen LogP contribution in [0.1, 0.15) is 72.2 Å². The molecule has 0 unspecified atom stereocenters. The van der Waals surface area contributed by atoms with Crippen LogP contribution in [-0.4, -0.2) is 73.6 Å². The number of hydrogen-bond donors (Lipinski definition) is 4. The van der Waals surface area contributed by atoms with Gasteiger partial charge in [0.2, 0.25) is 12.2 Å². The Labute approximate surface area is 210 Å². The van der Waals surface area contributed by atoms with Crippen LogP contribution in [0.4, 0.5) is 0 Å². The Hall–Kier alpha value is -2.17. The number of aliphatic hydroxyl groups is 4. The van der Waals surface area contributed by atoms with Crippen LogP contribution in [0, 0.1) is 6.92 Å².